The van der Waals surface area contributed by atoms with Crippen molar-refractivity contribution in [1.29, 1.82) is 0 Å². The van der Waals surface area contributed by atoms with Gasteiger partial charge in [-0.1, -0.05) is 44.7 Å². The van der Waals surface area contributed by atoms with Crippen molar-refractivity contribution in [1.82, 2.24) is 0 Å². The van der Waals surface area contributed by atoms with Gasteiger partial charge >= 0.3 is 0 Å². The van der Waals surface area contributed by atoms with Crippen LogP contribution < -0.4 is 4.74 Å². The Morgan fingerprint density at radius 2 is 2.07 bits per heavy atom. The molecule has 0 heterocycles. The highest BCUT2D eigenvalue weighted by Gasteiger charge is 1.99. The second-order valence-electron chi connectivity index (χ2n) is 3.77. The van der Waals surface area contributed by atoms with Crippen molar-refractivity contribution in [3.8, 4) is 5.75 Å². The van der Waals surface area contributed by atoms with Gasteiger partial charge in [0.15, 0.2) is 0 Å². The van der Waals surface area contributed by atoms with Crippen LogP contribution in [-0.4, -0.2) is 6.61 Å². The van der Waals surface area contributed by atoms with E-state index >= 15 is 0 Å². The normalized spacial score (nSPS) is 10.2. The van der Waals surface area contributed by atoms with Crippen LogP contribution in [0, 0.1) is 5.92 Å². The Labute approximate surface area is 86.4 Å². The summed E-state index contributed by atoms with van der Waals surface area (Å²) in [5, 5.41) is 0. The minimum absolute atomic E-state index is 0.686. The van der Waals surface area contributed by atoms with Crippen LogP contribution >= 0.6 is 0 Å². The van der Waals surface area contributed by atoms with Crippen LogP contribution in [-0.2, 0) is 0 Å². The minimum atomic E-state index is 0.686. The van der Waals surface area contributed by atoms with Gasteiger partial charge in [0.25, 0.3) is 0 Å². The molecule has 76 valence electrons. The van der Waals surface area contributed by atoms with Gasteiger partial charge in [0.1, 0.15) is 5.75 Å². The average molecular weight is 190 g/mol. The number of para-hydroxylation sites is 1. The first-order valence-corrected chi connectivity index (χ1v) is 5.08. The molecular weight excluding hydrogens is 172 g/mol. The molecule has 1 rings (SSSR count). The Hall–Kier alpha value is -1.24. The van der Waals surface area contributed by atoms with E-state index in [0.29, 0.717) is 5.92 Å². The molecule has 0 aliphatic carbocycles. The highest BCUT2D eigenvalue weighted by atomic mass is 16.5. The molecular formula is C13H18O. The van der Waals surface area contributed by atoms with Crippen molar-refractivity contribution in [3.63, 3.8) is 0 Å². The van der Waals surface area contributed by atoms with Crippen molar-refractivity contribution in [2.45, 2.75) is 20.3 Å². The maximum absolute atomic E-state index is 5.67. The molecule has 1 heteroatoms. The predicted molar refractivity (Wildman–Crippen MR) is 61.5 cm³/mol. The number of hydrogen-bond acceptors (Lipinski definition) is 1. The van der Waals surface area contributed by atoms with Crippen molar-refractivity contribution >= 4 is 6.08 Å². The van der Waals surface area contributed by atoms with Gasteiger partial charge in [0.05, 0.1) is 6.61 Å². The minimum Gasteiger partial charge on any atom is -0.493 e. The van der Waals surface area contributed by atoms with Gasteiger partial charge in [-0.15, -0.1) is 0 Å². The lowest BCUT2D eigenvalue weighted by Crippen LogP contribution is -2.02. The Kier molecular flexibility index (Phi) is 4.24. The quantitative estimate of drug-likeness (QED) is 0.687. The van der Waals surface area contributed by atoms with Crippen LogP contribution in [0.5, 0.6) is 5.75 Å². The first-order valence-electron chi connectivity index (χ1n) is 5.08. The molecule has 0 bridgehead atoms. The first-order chi connectivity index (χ1) is 6.74. The summed E-state index contributed by atoms with van der Waals surface area (Å²) >= 11 is 0. The van der Waals surface area contributed by atoms with Crippen molar-refractivity contribution in [2.75, 3.05) is 6.61 Å². The lowest BCUT2D eigenvalue weighted by molar-refractivity contribution is 0.289. The van der Waals surface area contributed by atoms with Crippen LogP contribution in [0.25, 0.3) is 6.08 Å². The number of benzene rings is 1. The Balaban J connectivity index is 2.53. The summed E-state index contributed by atoms with van der Waals surface area (Å²) in [6.45, 7) is 8.93. The van der Waals surface area contributed by atoms with Crippen molar-refractivity contribution in [2.24, 2.45) is 5.92 Å². The van der Waals surface area contributed by atoms with E-state index in [0.717, 1.165) is 24.3 Å². The third kappa shape index (κ3) is 3.25. The SMILES string of the molecule is C=Cc1ccccc1OCCC(C)C. The first kappa shape index (κ1) is 10.8. The fourth-order valence-electron chi connectivity index (χ4n) is 1.19. The van der Waals surface area contributed by atoms with Gasteiger partial charge in [-0.25, -0.2) is 0 Å². The molecule has 0 saturated heterocycles. The van der Waals surface area contributed by atoms with Crippen LogP contribution in [0.4, 0.5) is 0 Å². The summed E-state index contributed by atoms with van der Waals surface area (Å²) in [6, 6.07) is 7.97. The summed E-state index contributed by atoms with van der Waals surface area (Å²) in [7, 11) is 0. The van der Waals surface area contributed by atoms with Crippen LogP contribution in [0.3, 0.4) is 0 Å². The second kappa shape index (κ2) is 5.48. The van der Waals surface area contributed by atoms with E-state index < -0.39 is 0 Å². The third-order valence-electron chi connectivity index (χ3n) is 2.09. The fraction of sp³-hybridized carbons (Fsp3) is 0.385. The molecule has 0 spiro atoms. The summed E-state index contributed by atoms with van der Waals surface area (Å²) in [4.78, 5) is 0. The highest BCUT2D eigenvalue weighted by molar-refractivity contribution is 5.55. The van der Waals surface area contributed by atoms with Gasteiger partial charge in [0.2, 0.25) is 0 Å². The van der Waals surface area contributed by atoms with Crippen molar-refractivity contribution in [3.05, 3.63) is 36.4 Å². The summed E-state index contributed by atoms with van der Waals surface area (Å²) < 4.78 is 5.67. The van der Waals surface area contributed by atoms with E-state index in [4.69, 9.17) is 4.74 Å². The van der Waals surface area contributed by atoms with Crippen molar-refractivity contribution < 1.29 is 4.74 Å². The topological polar surface area (TPSA) is 9.23 Å². The Morgan fingerprint density at radius 3 is 2.71 bits per heavy atom. The molecule has 1 nitrogen and oxygen atoms in total. The standard InChI is InChI=1S/C13H18O/c1-4-12-7-5-6-8-13(12)14-10-9-11(2)3/h4-8,11H,1,9-10H2,2-3H3. The number of hydrogen-bond donors (Lipinski definition) is 0. The molecule has 0 unspecified atom stereocenters. The molecule has 0 atom stereocenters. The van der Waals surface area contributed by atoms with Gasteiger partial charge < -0.3 is 4.74 Å². The zero-order valence-corrected chi connectivity index (χ0v) is 8.99. The molecule has 0 aliphatic rings. The molecule has 0 N–H and O–H groups in total. The maximum atomic E-state index is 5.67. The van der Waals surface area contributed by atoms with Crippen LogP contribution in [0.1, 0.15) is 25.8 Å². The lowest BCUT2D eigenvalue weighted by Gasteiger charge is -2.10. The Bertz CT molecular complexity index is 289. The number of rotatable bonds is 5. The van der Waals surface area contributed by atoms with E-state index in [2.05, 4.69) is 20.4 Å². The van der Waals surface area contributed by atoms with E-state index in [1.54, 1.807) is 0 Å². The largest absolute Gasteiger partial charge is 0.493 e. The number of ether oxygens (including phenoxy) is 1. The van der Waals surface area contributed by atoms with Gasteiger partial charge in [-0.2, -0.15) is 0 Å². The molecule has 14 heavy (non-hydrogen) atoms. The molecule has 0 aromatic heterocycles. The second-order valence-corrected chi connectivity index (χ2v) is 3.77. The molecule has 0 fully saturated rings. The molecule has 0 radical (unpaired) electrons. The van der Waals surface area contributed by atoms with Gasteiger partial charge in [-0.05, 0) is 18.4 Å². The molecule has 0 aliphatic heterocycles. The van der Waals surface area contributed by atoms with E-state index in [1.165, 1.54) is 0 Å². The molecule has 1 aromatic carbocycles. The summed E-state index contributed by atoms with van der Waals surface area (Å²) in [5.74, 6) is 1.62. The highest BCUT2D eigenvalue weighted by Crippen LogP contribution is 2.19. The predicted octanol–water partition coefficient (Wildman–Crippen LogP) is 3.75. The molecule has 1 aromatic rings. The fourth-order valence-corrected chi connectivity index (χ4v) is 1.19. The lowest BCUT2D eigenvalue weighted by atomic mass is 10.1. The maximum Gasteiger partial charge on any atom is 0.126 e. The van der Waals surface area contributed by atoms with E-state index in [-0.39, 0.29) is 0 Å². The summed E-state index contributed by atoms with van der Waals surface area (Å²) in [6.07, 6.45) is 2.91. The Morgan fingerprint density at radius 1 is 1.36 bits per heavy atom. The third-order valence-corrected chi connectivity index (χ3v) is 2.09. The van der Waals surface area contributed by atoms with Crippen LogP contribution in [0.15, 0.2) is 30.8 Å². The van der Waals surface area contributed by atoms with Gasteiger partial charge in [0, 0.05) is 5.56 Å². The van der Waals surface area contributed by atoms with Crippen LogP contribution in [0.2, 0.25) is 0 Å². The van der Waals surface area contributed by atoms with Gasteiger partial charge in [-0.3, -0.25) is 0 Å². The zero-order chi connectivity index (χ0) is 10.4. The van der Waals surface area contributed by atoms with E-state index in [9.17, 15) is 0 Å². The smallest absolute Gasteiger partial charge is 0.126 e. The van der Waals surface area contributed by atoms with E-state index in [1.807, 2.05) is 30.3 Å². The monoisotopic (exact) mass is 190 g/mol. The average Bonchev–Trinajstić information content (AvgIpc) is 2.18. The molecule has 0 saturated carbocycles. The molecule has 0 amide bonds. The zero-order valence-electron chi connectivity index (χ0n) is 8.99. The summed E-state index contributed by atoms with van der Waals surface area (Å²) in [5.41, 5.74) is 1.07.